The first kappa shape index (κ1) is 20.4. The number of benzene rings is 2. The fourth-order valence-corrected chi connectivity index (χ4v) is 3.40. The molecular weight excluding hydrogens is 394 g/mol. The van der Waals surface area contributed by atoms with E-state index < -0.39 is 0 Å². The van der Waals surface area contributed by atoms with Crippen LogP contribution < -0.4 is 14.4 Å². The zero-order valence-corrected chi connectivity index (χ0v) is 17.0. The van der Waals surface area contributed by atoms with Crippen molar-refractivity contribution in [3.8, 4) is 17.6 Å². The monoisotopic (exact) mass is 415 g/mol. The number of rotatable bonds is 6. The van der Waals surface area contributed by atoms with Crippen LogP contribution in [-0.2, 0) is 4.74 Å². The third-order valence-corrected chi connectivity index (χ3v) is 4.93. The number of ether oxygens (including phenoxy) is 3. The SMILES string of the molecule is COc1ccc(N(C(=O)c2cccnc2)c2cccc(C#N)c2)cc1O[C@@H]1CCOC1. The molecule has 2 aromatic carbocycles. The minimum Gasteiger partial charge on any atom is -0.493 e. The lowest BCUT2D eigenvalue weighted by molar-refractivity contribution is 0.0999. The largest absolute Gasteiger partial charge is 0.493 e. The number of hydrogen-bond donors (Lipinski definition) is 0. The van der Waals surface area contributed by atoms with Crippen molar-refractivity contribution in [2.75, 3.05) is 25.2 Å². The molecule has 0 spiro atoms. The molecule has 156 valence electrons. The van der Waals surface area contributed by atoms with Gasteiger partial charge in [0.1, 0.15) is 6.10 Å². The molecule has 1 saturated heterocycles. The van der Waals surface area contributed by atoms with Gasteiger partial charge in [0, 0.05) is 24.9 Å². The highest BCUT2D eigenvalue weighted by Crippen LogP contribution is 2.37. The molecular formula is C24H21N3O4. The van der Waals surface area contributed by atoms with E-state index in [1.807, 2.05) is 0 Å². The number of carbonyl (C=O) groups is 1. The quantitative estimate of drug-likeness (QED) is 0.602. The fourth-order valence-electron chi connectivity index (χ4n) is 3.40. The molecule has 7 nitrogen and oxygen atoms in total. The molecule has 0 unspecified atom stereocenters. The molecule has 1 amide bonds. The molecule has 31 heavy (non-hydrogen) atoms. The van der Waals surface area contributed by atoms with Crippen LogP contribution >= 0.6 is 0 Å². The van der Waals surface area contributed by atoms with Crippen LogP contribution in [0.2, 0.25) is 0 Å². The van der Waals surface area contributed by atoms with Gasteiger partial charge in [-0.2, -0.15) is 5.26 Å². The zero-order chi connectivity index (χ0) is 21.6. The molecule has 0 saturated carbocycles. The fraction of sp³-hybridized carbons (Fsp3) is 0.208. The third kappa shape index (κ3) is 4.49. The van der Waals surface area contributed by atoms with Crippen LogP contribution in [0.25, 0.3) is 0 Å². The highest BCUT2D eigenvalue weighted by molar-refractivity contribution is 6.11. The summed E-state index contributed by atoms with van der Waals surface area (Å²) in [5.74, 6) is 0.814. The highest BCUT2D eigenvalue weighted by atomic mass is 16.6. The van der Waals surface area contributed by atoms with Crippen molar-refractivity contribution in [2.24, 2.45) is 0 Å². The summed E-state index contributed by atoms with van der Waals surface area (Å²) in [7, 11) is 1.57. The van der Waals surface area contributed by atoms with Crippen LogP contribution in [0.4, 0.5) is 11.4 Å². The minimum atomic E-state index is -0.275. The summed E-state index contributed by atoms with van der Waals surface area (Å²) >= 11 is 0. The predicted molar refractivity (Wildman–Crippen MR) is 115 cm³/mol. The van der Waals surface area contributed by atoms with Gasteiger partial charge < -0.3 is 14.2 Å². The zero-order valence-electron chi connectivity index (χ0n) is 17.0. The highest BCUT2D eigenvalue weighted by Gasteiger charge is 2.24. The van der Waals surface area contributed by atoms with Gasteiger partial charge in [-0.25, -0.2) is 0 Å². The molecule has 1 aliphatic heterocycles. The predicted octanol–water partition coefficient (Wildman–Crippen LogP) is 4.11. The van der Waals surface area contributed by atoms with Crippen LogP contribution in [0, 0.1) is 11.3 Å². The maximum atomic E-state index is 13.5. The molecule has 1 fully saturated rings. The number of amides is 1. The summed E-state index contributed by atoms with van der Waals surface area (Å²) in [5, 5.41) is 9.33. The van der Waals surface area contributed by atoms with Gasteiger partial charge in [-0.05, 0) is 42.5 Å². The first-order valence-electron chi connectivity index (χ1n) is 9.86. The molecule has 7 heteroatoms. The molecule has 2 heterocycles. The van der Waals surface area contributed by atoms with E-state index in [0.717, 1.165) is 6.42 Å². The standard InChI is InChI=1S/C24H21N3O4/c1-29-22-8-7-20(13-23(22)31-21-9-11-30-16-21)27(19-6-2-4-17(12-19)14-25)24(28)18-5-3-10-26-15-18/h2-8,10,12-13,15,21H,9,11,16H2,1H3/t21-/m1/s1. The van der Waals surface area contributed by atoms with Crippen molar-refractivity contribution in [1.29, 1.82) is 5.26 Å². The molecule has 0 radical (unpaired) electrons. The summed E-state index contributed by atoms with van der Waals surface area (Å²) in [6, 6.07) is 17.7. The van der Waals surface area contributed by atoms with E-state index in [4.69, 9.17) is 14.2 Å². The lowest BCUT2D eigenvalue weighted by Gasteiger charge is -2.25. The Hall–Kier alpha value is -3.89. The second kappa shape index (κ2) is 9.28. The second-order valence-electron chi connectivity index (χ2n) is 6.98. The van der Waals surface area contributed by atoms with Gasteiger partial charge in [-0.3, -0.25) is 14.7 Å². The Kier molecular flexibility index (Phi) is 6.11. The van der Waals surface area contributed by atoms with Crippen molar-refractivity contribution in [2.45, 2.75) is 12.5 Å². The molecule has 1 atom stereocenters. The van der Waals surface area contributed by atoms with Crippen molar-refractivity contribution in [3.63, 3.8) is 0 Å². The number of nitriles is 1. The Morgan fingerprint density at radius 2 is 2.03 bits per heavy atom. The summed E-state index contributed by atoms with van der Waals surface area (Å²) in [6.07, 6.45) is 3.84. The van der Waals surface area contributed by atoms with Crippen molar-refractivity contribution < 1.29 is 19.0 Å². The van der Waals surface area contributed by atoms with E-state index in [-0.39, 0.29) is 12.0 Å². The van der Waals surface area contributed by atoms with Crippen LogP contribution in [0.5, 0.6) is 11.5 Å². The molecule has 1 aromatic heterocycles. The molecule has 0 N–H and O–H groups in total. The average Bonchev–Trinajstić information content (AvgIpc) is 3.33. The maximum absolute atomic E-state index is 13.5. The summed E-state index contributed by atoms with van der Waals surface area (Å²) < 4.78 is 17.0. The van der Waals surface area contributed by atoms with Crippen molar-refractivity contribution in [1.82, 2.24) is 4.98 Å². The van der Waals surface area contributed by atoms with Crippen molar-refractivity contribution >= 4 is 17.3 Å². The van der Waals surface area contributed by atoms with Gasteiger partial charge in [0.25, 0.3) is 5.91 Å². The van der Waals surface area contributed by atoms with Crippen LogP contribution in [-0.4, -0.2) is 37.3 Å². The van der Waals surface area contributed by atoms with E-state index in [2.05, 4.69) is 11.1 Å². The van der Waals surface area contributed by atoms with Gasteiger partial charge >= 0.3 is 0 Å². The summed E-state index contributed by atoms with van der Waals surface area (Å²) in [6.45, 7) is 1.16. The number of nitrogens with zero attached hydrogens (tertiary/aromatic N) is 3. The molecule has 3 aromatic rings. The molecule has 1 aliphatic rings. The average molecular weight is 415 g/mol. The first-order valence-corrected chi connectivity index (χ1v) is 9.86. The maximum Gasteiger partial charge on any atom is 0.264 e. The van der Waals surface area contributed by atoms with Crippen molar-refractivity contribution in [3.05, 3.63) is 78.1 Å². The van der Waals surface area contributed by atoms with E-state index in [0.29, 0.717) is 47.2 Å². The van der Waals surface area contributed by atoms with Crippen LogP contribution in [0.1, 0.15) is 22.3 Å². The number of pyridine rings is 1. The van der Waals surface area contributed by atoms with E-state index in [9.17, 15) is 10.1 Å². The number of carbonyl (C=O) groups excluding carboxylic acids is 1. The van der Waals surface area contributed by atoms with Gasteiger partial charge in [-0.1, -0.05) is 6.07 Å². The number of methoxy groups -OCH3 is 1. The van der Waals surface area contributed by atoms with E-state index in [1.54, 1.807) is 67.9 Å². The van der Waals surface area contributed by atoms with Gasteiger partial charge in [0.2, 0.25) is 0 Å². The van der Waals surface area contributed by atoms with E-state index in [1.165, 1.54) is 11.1 Å². The van der Waals surface area contributed by atoms with Gasteiger partial charge in [0.15, 0.2) is 11.5 Å². The number of aromatic nitrogens is 1. The first-order chi connectivity index (χ1) is 15.2. The van der Waals surface area contributed by atoms with Gasteiger partial charge in [0.05, 0.1) is 48.9 Å². The minimum absolute atomic E-state index is 0.0754. The third-order valence-electron chi connectivity index (χ3n) is 4.93. The van der Waals surface area contributed by atoms with E-state index >= 15 is 0 Å². The molecule has 4 rings (SSSR count). The normalized spacial score (nSPS) is 15.2. The Balaban J connectivity index is 1.79. The number of hydrogen-bond acceptors (Lipinski definition) is 6. The molecule has 0 bridgehead atoms. The Morgan fingerprint density at radius 3 is 2.74 bits per heavy atom. The molecule has 0 aliphatic carbocycles. The number of anilines is 2. The lowest BCUT2D eigenvalue weighted by Crippen LogP contribution is -2.26. The summed E-state index contributed by atoms with van der Waals surface area (Å²) in [4.78, 5) is 19.1. The lowest BCUT2D eigenvalue weighted by atomic mass is 10.1. The topological polar surface area (TPSA) is 84.7 Å². The summed E-state index contributed by atoms with van der Waals surface area (Å²) in [5.41, 5.74) is 2.02. The Labute approximate surface area is 180 Å². The Bertz CT molecular complexity index is 1110. The second-order valence-corrected chi connectivity index (χ2v) is 6.98. The van der Waals surface area contributed by atoms with Crippen LogP contribution in [0.3, 0.4) is 0 Å². The smallest absolute Gasteiger partial charge is 0.264 e. The van der Waals surface area contributed by atoms with Crippen LogP contribution in [0.15, 0.2) is 67.0 Å². The Morgan fingerprint density at radius 1 is 1.16 bits per heavy atom. The van der Waals surface area contributed by atoms with Gasteiger partial charge in [-0.15, -0.1) is 0 Å².